The molecule has 1 saturated carbocycles. The molecule has 1 aliphatic heterocycles. The van der Waals surface area contributed by atoms with Crippen molar-refractivity contribution >= 4 is 6.29 Å². The van der Waals surface area contributed by atoms with Crippen LogP contribution >= 0.6 is 0 Å². The lowest BCUT2D eigenvalue weighted by Gasteiger charge is -2.34. The van der Waals surface area contributed by atoms with Gasteiger partial charge in [-0.15, -0.1) is 0 Å². The van der Waals surface area contributed by atoms with Crippen molar-refractivity contribution in [3.8, 4) is 5.75 Å². The van der Waals surface area contributed by atoms with Gasteiger partial charge in [0.15, 0.2) is 0 Å². The summed E-state index contributed by atoms with van der Waals surface area (Å²) in [5.41, 5.74) is 0.777. The molecule has 1 unspecified atom stereocenters. The Balaban J connectivity index is 2.08. The number of hydrogen-bond donors (Lipinski definition) is 1. The van der Waals surface area contributed by atoms with Crippen molar-refractivity contribution < 1.29 is 14.6 Å². The van der Waals surface area contributed by atoms with Crippen LogP contribution in [0.2, 0.25) is 0 Å². The van der Waals surface area contributed by atoms with E-state index >= 15 is 0 Å². The van der Waals surface area contributed by atoms with Gasteiger partial charge in [0, 0.05) is 12.0 Å². The summed E-state index contributed by atoms with van der Waals surface area (Å²) in [6.45, 7) is 2.53. The van der Waals surface area contributed by atoms with Crippen molar-refractivity contribution in [2.75, 3.05) is 6.61 Å². The number of carbonyl (C=O) groups is 1. The molecule has 3 rings (SSSR count). The van der Waals surface area contributed by atoms with Gasteiger partial charge in [0.1, 0.15) is 12.0 Å². The van der Waals surface area contributed by atoms with E-state index < -0.39 is 5.60 Å². The van der Waals surface area contributed by atoms with Crippen LogP contribution in [0.3, 0.4) is 0 Å². The highest BCUT2D eigenvalue weighted by Crippen LogP contribution is 2.49. The van der Waals surface area contributed by atoms with Gasteiger partial charge in [0.05, 0.1) is 17.6 Å². The highest BCUT2D eigenvalue weighted by molar-refractivity contribution is 5.73. The average molecular weight is 246 g/mol. The van der Waals surface area contributed by atoms with Crippen LogP contribution in [0.1, 0.15) is 43.7 Å². The predicted molar refractivity (Wildman–Crippen MR) is 67.7 cm³/mol. The molecule has 0 radical (unpaired) electrons. The zero-order valence-electron chi connectivity index (χ0n) is 10.6. The smallest absolute Gasteiger partial charge is 0.130 e. The normalized spacial score (nSPS) is 28.1. The van der Waals surface area contributed by atoms with Crippen LogP contribution < -0.4 is 4.74 Å². The largest absolute Gasteiger partial charge is 0.493 e. The highest BCUT2D eigenvalue weighted by Gasteiger charge is 2.45. The molecule has 18 heavy (non-hydrogen) atoms. The summed E-state index contributed by atoms with van der Waals surface area (Å²) in [6, 6.07) is 5.83. The summed E-state index contributed by atoms with van der Waals surface area (Å²) in [5, 5.41) is 10.6. The van der Waals surface area contributed by atoms with Crippen molar-refractivity contribution in [1.29, 1.82) is 0 Å². The molecule has 3 heteroatoms. The molecule has 0 aromatic heterocycles. The van der Waals surface area contributed by atoms with Gasteiger partial charge >= 0.3 is 0 Å². The minimum Gasteiger partial charge on any atom is -0.493 e. The van der Waals surface area contributed by atoms with E-state index in [1.807, 2.05) is 25.1 Å². The molecule has 1 fully saturated rings. The van der Waals surface area contributed by atoms with E-state index in [1.54, 1.807) is 0 Å². The lowest BCUT2D eigenvalue weighted by molar-refractivity contribution is -0.109. The molecule has 0 spiro atoms. The Hall–Kier alpha value is -1.35. The van der Waals surface area contributed by atoms with Gasteiger partial charge in [-0.2, -0.15) is 0 Å². The summed E-state index contributed by atoms with van der Waals surface area (Å²) in [5.74, 6) is 0.760. The molecule has 1 atom stereocenters. The lowest BCUT2D eigenvalue weighted by atomic mass is 9.83. The Kier molecular flexibility index (Phi) is 2.49. The van der Waals surface area contributed by atoms with Gasteiger partial charge in [0.2, 0.25) is 0 Å². The molecule has 0 amide bonds. The molecule has 1 heterocycles. The van der Waals surface area contributed by atoms with Crippen molar-refractivity contribution in [3.05, 3.63) is 29.3 Å². The zero-order valence-corrected chi connectivity index (χ0v) is 10.6. The Morgan fingerprint density at radius 3 is 2.78 bits per heavy atom. The van der Waals surface area contributed by atoms with Crippen LogP contribution in [-0.2, 0) is 15.8 Å². The molecule has 2 aliphatic rings. The maximum atomic E-state index is 11.2. The maximum absolute atomic E-state index is 11.2. The first-order chi connectivity index (χ1) is 8.63. The number of hydrogen-bond acceptors (Lipinski definition) is 3. The number of aliphatic hydroxyl groups is 1. The van der Waals surface area contributed by atoms with Crippen LogP contribution in [0, 0.1) is 0 Å². The van der Waals surface area contributed by atoms with E-state index in [0.717, 1.165) is 36.0 Å². The van der Waals surface area contributed by atoms with E-state index in [2.05, 4.69) is 0 Å². The third kappa shape index (κ3) is 1.57. The van der Waals surface area contributed by atoms with Gasteiger partial charge in [-0.3, -0.25) is 0 Å². The minimum atomic E-state index is -0.803. The SMILES string of the molecule is CCC1(O)CCOc2ccc(C3(C=O)CC3)cc21. The summed E-state index contributed by atoms with van der Waals surface area (Å²) in [6.07, 6.45) is 4.17. The fraction of sp³-hybridized carbons (Fsp3) is 0.533. The summed E-state index contributed by atoms with van der Waals surface area (Å²) in [4.78, 5) is 11.2. The van der Waals surface area contributed by atoms with Crippen molar-refractivity contribution in [1.82, 2.24) is 0 Å². The molecular weight excluding hydrogens is 228 g/mol. The Bertz CT molecular complexity index is 491. The molecule has 1 aliphatic carbocycles. The van der Waals surface area contributed by atoms with Crippen molar-refractivity contribution in [2.24, 2.45) is 0 Å². The topological polar surface area (TPSA) is 46.5 Å². The second-order valence-electron chi connectivity index (χ2n) is 5.47. The van der Waals surface area contributed by atoms with Crippen LogP contribution in [0.15, 0.2) is 18.2 Å². The quantitative estimate of drug-likeness (QED) is 0.832. The van der Waals surface area contributed by atoms with Crippen LogP contribution in [0.25, 0.3) is 0 Å². The van der Waals surface area contributed by atoms with E-state index in [4.69, 9.17) is 4.74 Å². The molecule has 1 aromatic rings. The summed E-state index contributed by atoms with van der Waals surface area (Å²) >= 11 is 0. The van der Waals surface area contributed by atoms with E-state index in [1.165, 1.54) is 0 Å². The van der Waals surface area contributed by atoms with Gasteiger partial charge in [-0.1, -0.05) is 13.0 Å². The first kappa shape index (κ1) is 11.7. The average Bonchev–Trinajstić information content (AvgIpc) is 3.20. The first-order valence-corrected chi connectivity index (χ1v) is 6.60. The van der Waals surface area contributed by atoms with Crippen molar-refractivity contribution in [2.45, 2.75) is 43.6 Å². The molecule has 1 aromatic carbocycles. The molecule has 96 valence electrons. The van der Waals surface area contributed by atoms with Gasteiger partial charge < -0.3 is 14.6 Å². The van der Waals surface area contributed by atoms with Gasteiger partial charge in [0.25, 0.3) is 0 Å². The Morgan fingerprint density at radius 2 is 2.17 bits per heavy atom. The third-order valence-electron chi connectivity index (χ3n) is 4.43. The van der Waals surface area contributed by atoms with E-state index in [9.17, 15) is 9.90 Å². The fourth-order valence-corrected chi connectivity index (χ4v) is 2.77. The predicted octanol–water partition coefficient (Wildman–Crippen LogP) is 2.30. The second kappa shape index (κ2) is 3.82. The summed E-state index contributed by atoms with van der Waals surface area (Å²) < 4.78 is 5.59. The number of benzene rings is 1. The van der Waals surface area contributed by atoms with E-state index in [-0.39, 0.29) is 5.41 Å². The molecule has 0 saturated heterocycles. The second-order valence-corrected chi connectivity index (χ2v) is 5.47. The third-order valence-corrected chi connectivity index (χ3v) is 4.43. The summed E-state index contributed by atoms with van der Waals surface area (Å²) in [7, 11) is 0. The Morgan fingerprint density at radius 1 is 1.39 bits per heavy atom. The van der Waals surface area contributed by atoms with E-state index in [0.29, 0.717) is 19.4 Å². The molecule has 1 N–H and O–H groups in total. The molecular formula is C15H18O3. The molecule has 0 bridgehead atoms. The van der Waals surface area contributed by atoms with Crippen LogP contribution in [0.5, 0.6) is 5.75 Å². The number of rotatable bonds is 3. The number of ether oxygens (including phenoxy) is 1. The van der Waals surface area contributed by atoms with Crippen LogP contribution in [0.4, 0.5) is 0 Å². The number of aldehydes is 1. The van der Waals surface area contributed by atoms with Gasteiger partial charge in [-0.05, 0) is 37.0 Å². The standard InChI is InChI=1S/C15H18O3/c1-2-15(17)7-8-18-13-4-3-11(9-12(13)15)14(10-16)5-6-14/h3-4,9-10,17H,2,5-8H2,1H3. The maximum Gasteiger partial charge on any atom is 0.130 e. The number of carbonyl (C=O) groups excluding carboxylic acids is 1. The van der Waals surface area contributed by atoms with Crippen molar-refractivity contribution in [3.63, 3.8) is 0 Å². The fourth-order valence-electron chi connectivity index (χ4n) is 2.77. The number of fused-ring (bicyclic) bond motifs is 1. The van der Waals surface area contributed by atoms with Gasteiger partial charge in [-0.25, -0.2) is 0 Å². The first-order valence-electron chi connectivity index (χ1n) is 6.60. The lowest BCUT2D eigenvalue weighted by Crippen LogP contribution is -2.32. The Labute approximate surface area is 107 Å². The monoisotopic (exact) mass is 246 g/mol. The highest BCUT2D eigenvalue weighted by atomic mass is 16.5. The van der Waals surface area contributed by atoms with Crippen LogP contribution in [-0.4, -0.2) is 18.0 Å². The molecule has 3 nitrogen and oxygen atoms in total. The minimum absolute atomic E-state index is 0.291. The zero-order chi connectivity index (χ0) is 12.8.